The Morgan fingerprint density at radius 1 is 1.71 bits per heavy atom. The molecule has 0 radical (unpaired) electrons. The van der Waals surface area contributed by atoms with Crippen LogP contribution in [0.5, 0.6) is 0 Å². The minimum atomic E-state index is 0.236. The van der Waals surface area contributed by atoms with E-state index in [4.69, 9.17) is 5.41 Å². The summed E-state index contributed by atoms with van der Waals surface area (Å²) in [6.45, 7) is 3.75. The fourth-order valence-electron chi connectivity index (χ4n) is 0.217. The molecule has 1 unspecified atom stereocenters. The van der Waals surface area contributed by atoms with Crippen molar-refractivity contribution in [3.63, 3.8) is 0 Å². The summed E-state index contributed by atoms with van der Waals surface area (Å²) in [6.07, 6.45) is 0. The van der Waals surface area contributed by atoms with Crippen molar-refractivity contribution in [2.24, 2.45) is 0 Å². The minimum Gasteiger partial charge on any atom is -0.312 e. The molecule has 0 amide bonds. The van der Waals surface area contributed by atoms with Crippen LogP contribution in [0.2, 0.25) is 0 Å². The summed E-state index contributed by atoms with van der Waals surface area (Å²) in [4.78, 5) is 0. The minimum absolute atomic E-state index is 0.236. The van der Waals surface area contributed by atoms with Crippen LogP contribution in [0.1, 0.15) is 13.8 Å². The van der Waals surface area contributed by atoms with Gasteiger partial charge in [-0.1, -0.05) is 0 Å². The van der Waals surface area contributed by atoms with Crippen LogP contribution in [0.25, 0.3) is 0 Å². The average molecular weight is 100 g/mol. The third kappa shape index (κ3) is 2.34. The molecule has 0 aliphatic carbocycles. The van der Waals surface area contributed by atoms with Crippen molar-refractivity contribution >= 4 is 5.71 Å². The van der Waals surface area contributed by atoms with Gasteiger partial charge >= 0.3 is 0 Å². The molecule has 0 aliphatic heterocycles. The average Bonchev–Trinajstić information content (AvgIpc) is 1.65. The van der Waals surface area contributed by atoms with Crippen molar-refractivity contribution in [1.29, 1.82) is 5.41 Å². The van der Waals surface area contributed by atoms with Crippen molar-refractivity contribution in [2.45, 2.75) is 19.9 Å². The van der Waals surface area contributed by atoms with Gasteiger partial charge in [0.05, 0.1) is 0 Å². The SMILES string of the molecule is CNC(C)C(C)=N. The highest BCUT2D eigenvalue weighted by Gasteiger charge is 1.95. The first kappa shape index (κ1) is 6.63. The summed E-state index contributed by atoms with van der Waals surface area (Å²) in [5.74, 6) is 0. The fourth-order valence-corrected chi connectivity index (χ4v) is 0.217. The largest absolute Gasteiger partial charge is 0.312 e. The predicted molar refractivity (Wildman–Crippen MR) is 31.9 cm³/mol. The van der Waals surface area contributed by atoms with Crippen LogP contribution in [0, 0.1) is 5.41 Å². The van der Waals surface area contributed by atoms with Gasteiger partial charge in [-0.05, 0) is 20.9 Å². The molecule has 1 atom stereocenters. The molecule has 2 N–H and O–H groups in total. The monoisotopic (exact) mass is 100 g/mol. The summed E-state index contributed by atoms with van der Waals surface area (Å²) in [6, 6.07) is 0.236. The Kier molecular flexibility index (Phi) is 2.60. The Balaban J connectivity index is 3.34. The quantitative estimate of drug-likeness (QED) is 0.491. The Morgan fingerprint density at radius 3 is 2.14 bits per heavy atom. The summed E-state index contributed by atoms with van der Waals surface area (Å²) in [7, 11) is 1.85. The van der Waals surface area contributed by atoms with Gasteiger partial charge in [0, 0.05) is 11.8 Å². The second-order valence-electron chi connectivity index (χ2n) is 1.69. The van der Waals surface area contributed by atoms with Crippen molar-refractivity contribution in [1.82, 2.24) is 5.32 Å². The lowest BCUT2D eigenvalue weighted by Crippen LogP contribution is -2.27. The summed E-state index contributed by atoms with van der Waals surface area (Å²) >= 11 is 0. The molecule has 0 bridgehead atoms. The summed E-state index contributed by atoms with van der Waals surface area (Å²) in [5, 5.41) is 9.98. The molecule has 0 saturated carbocycles. The molecular weight excluding hydrogens is 88.1 g/mol. The van der Waals surface area contributed by atoms with Gasteiger partial charge in [0.25, 0.3) is 0 Å². The van der Waals surface area contributed by atoms with Crippen molar-refractivity contribution < 1.29 is 0 Å². The highest BCUT2D eigenvalue weighted by molar-refractivity contribution is 5.83. The Labute approximate surface area is 44.4 Å². The van der Waals surface area contributed by atoms with Crippen LogP contribution in [-0.2, 0) is 0 Å². The molecule has 42 valence electrons. The molecule has 0 aromatic heterocycles. The normalized spacial score (nSPS) is 13.6. The third-order valence-electron chi connectivity index (χ3n) is 1.08. The Bertz CT molecular complexity index is 68.5. The van der Waals surface area contributed by atoms with Gasteiger partial charge in [-0.2, -0.15) is 0 Å². The van der Waals surface area contributed by atoms with Gasteiger partial charge < -0.3 is 10.7 Å². The van der Waals surface area contributed by atoms with Crippen LogP contribution in [-0.4, -0.2) is 18.8 Å². The maximum atomic E-state index is 7.04. The first-order valence-corrected chi connectivity index (χ1v) is 2.40. The molecule has 2 heteroatoms. The second kappa shape index (κ2) is 2.75. The number of rotatable bonds is 2. The lowest BCUT2D eigenvalue weighted by atomic mass is 10.2. The lowest BCUT2D eigenvalue weighted by Gasteiger charge is -2.04. The molecule has 2 nitrogen and oxygen atoms in total. The maximum absolute atomic E-state index is 7.04. The van der Waals surface area contributed by atoms with Gasteiger partial charge in [-0.15, -0.1) is 0 Å². The van der Waals surface area contributed by atoms with E-state index >= 15 is 0 Å². The van der Waals surface area contributed by atoms with Crippen LogP contribution >= 0.6 is 0 Å². The standard InChI is InChI=1S/C5H12N2/c1-4(6)5(2)7-3/h5-7H,1-3H3. The molecular formula is C5H12N2. The molecule has 0 aliphatic rings. The van der Waals surface area contributed by atoms with Gasteiger partial charge in [0.2, 0.25) is 0 Å². The highest BCUT2D eigenvalue weighted by Crippen LogP contribution is 1.78. The number of nitrogens with one attached hydrogen (secondary N) is 2. The molecule has 7 heavy (non-hydrogen) atoms. The molecule has 0 rings (SSSR count). The molecule has 0 aromatic carbocycles. The van der Waals surface area contributed by atoms with E-state index in [1.54, 1.807) is 6.92 Å². The van der Waals surface area contributed by atoms with E-state index in [0.717, 1.165) is 0 Å². The number of hydrogen-bond acceptors (Lipinski definition) is 2. The van der Waals surface area contributed by atoms with Crippen LogP contribution in [0.15, 0.2) is 0 Å². The van der Waals surface area contributed by atoms with Gasteiger partial charge in [-0.25, -0.2) is 0 Å². The maximum Gasteiger partial charge on any atom is 0.0414 e. The van der Waals surface area contributed by atoms with Crippen molar-refractivity contribution in [3.05, 3.63) is 0 Å². The smallest absolute Gasteiger partial charge is 0.0414 e. The molecule has 0 spiro atoms. The predicted octanol–water partition coefficient (Wildman–Crippen LogP) is 0.634. The first-order valence-electron chi connectivity index (χ1n) is 2.40. The van der Waals surface area contributed by atoms with Gasteiger partial charge in [0.15, 0.2) is 0 Å². The van der Waals surface area contributed by atoms with Crippen LogP contribution in [0.4, 0.5) is 0 Å². The molecule has 0 heterocycles. The Hall–Kier alpha value is -0.370. The summed E-state index contributed by atoms with van der Waals surface area (Å²) in [5.41, 5.74) is 0.683. The molecule has 0 aromatic rings. The van der Waals surface area contributed by atoms with E-state index < -0.39 is 0 Å². The summed E-state index contributed by atoms with van der Waals surface area (Å²) < 4.78 is 0. The highest BCUT2D eigenvalue weighted by atomic mass is 14.9. The third-order valence-corrected chi connectivity index (χ3v) is 1.08. The van der Waals surface area contributed by atoms with E-state index in [1.807, 2.05) is 14.0 Å². The van der Waals surface area contributed by atoms with Gasteiger partial charge in [0.1, 0.15) is 0 Å². The zero-order valence-corrected chi connectivity index (χ0v) is 5.08. The van der Waals surface area contributed by atoms with Crippen molar-refractivity contribution in [3.8, 4) is 0 Å². The van der Waals surface area contributed by atoms with E-state index in [2.05, 4.69) is 5.32 Å². The van der Waals surface area contributed by atoms with E-state index in [9.17, 15) is 0 Å². The van der Waals surface area contributed by atoms with E-state index in [-0.39, 0.29) is 6.04 Å². The zero-order valence-electron chi connectivity index (χ0n) is 5.08. The molecule has 0 fully saturated rings. The van der Waals surface area contributed by atoms with E-state index in [0.29, 0.717) is 5.71 Å². The van der Waals surface area contributed by atoms with E-state index in [1.165, 1.54) is 0 Å². The lowest BCUT2D eigenvalue weighted by molar-refractivity contribution is 0.756. The second-order valence-corrected chi connectivity index (χ2v) is 1.69. The Morgan fingerprint density at radius 2 is 2.14 bits per heavy atom. The van der Waals surface area contributed by atoms with Crippen LogP contribution in [0.3, 0.4) is 0 Å². The van der Waals surface area contributed by atoms with Crippen molar-refractivity contribution in [2.75, 3.05) is 7.05 Å². The number of hydrogen-bond donors (Lipinski definition) is 2. The zero-order chi connectivity index (χ0) is 5.86. The fraction of sp³-hybridized carbons (Fsp3) is 0.800. The topological polar surface area (TPSA) is 35.9 Å². The first-order chi connectivity index (χ1) is 3.18. The van der Waals surface area contributed by atoms with Crippen LogP contribution < -0.4 is 5.32 Å². The molecule has 0 saturated heterocycles. The van der Waals surface area contributed by atoms with Gasteiger partial charge in [-0.3, -0.25) is 0 Å².